The average Bonchev–Trinajstić information content (AvgIpc) is 1.99. The van der Waals surface area contributed by atoms with E-state index in [4.69, 9.17) is 0 Å². The Balaban J connectivity index is 4.52. The first-order chi connectivity index (χ1) is 5.87. The lowest BCUT2D eigenvalue weighted by Crippen LogP contribution is -2.01. The van der Waals surface area contributed by atoms with Gasteiger partial charge in [0.2, 0.25) is 0 Å². The fourth-order valence-corrected chi connectivity index (χ4v) is 0.740. The molecule has 0 radical (unpaired) electrons. The molecule has 0 aromatic rings. The van der Waals surface area contributed by atoms with E-state index >= 15 is 0 Å². The van der Waals surface area contributed by atoms with E-state index in [1.807, 2.05) is 0 Å². The summed E-state index contributed by atoms with van der Waals surface area (Å²) in [6.07, 6.45) is 4.25. The largest absolute Gasteiger partial charge is 0.325 e. The molecule has 0 aliphatic rings. The second kappa shape index (κ2) is 4.81. The van der Waals surface area contributed by atoms with Gasteiger partial charge in [-0.2, -0.15) is 8.42 Å². The lowest BCUT2D eigenvalue weighted by Gasteiger charge is -1.98. The van der Waals surface area contributed by atoms with Gasteiger partial charge in [-0.25, -0.2) is 0 Å². The molecule has 13 heavy (non-hydrogen) atoms. The highest BCUT2D eigenvalue weighted by molar-refractivity contribution is 7.85. The zero-order chi connectivity index (χ0) is 10.5. The standard InChI is InChI=1S/C8H13NO3S/c1-5-6-7(2)8(3)9-12-13(4,10)11/h5-6H,1H2,2-4H3. The van der Waals surface area contributed by atoms with Crippen molar-refractivity contribution in [1.82, 2.24) is 0 Å². The van der Waals surface area contributed by atoms with Gasteiger partial charge >= 0.3 is 10.1 Å². The van der Waals surface area contributed by atoms with Crippen LogP contribution >= 0.6 is 0 Å². The van der Waals surface area contributed by atoms with E-state index < -0.39 is 10.1 Å². The molecule has 0 spiro atoms. The van der Waals surface area contributed by atoms with Gasteiger partial charge in [-0.3, -0.25) is 4.28 Å². The van der Waals surface area contributed by atoms with E-state index in [1.165, 1.54) is 0 Å². The minimum atomic E-state index is -3.51. The molecular formula is C8H13NO3S. The summed E-state index contributed by atoms with van der Waals surface area (Å²) in [5.74, 6) is 0. The summed E-state index contributed by atoms with van der Waals surface area (Å²) in [6, 6.07) is 0. The lowest BCUT2D eigenvalue weighted by atomic mass is 10.2. The van der Waals surface area contributed by atoms with Gasteiger partial charge in [-0.1, -0.05) is 23.9 Å². The van der Waals surface area contributed by atoms with Crippen LogP contribution in [0.15, 0.2) is 29.5 Å². The minimum absolute atomic E-state index is 0.505. The monoisotopic (exact) mass is 203 g/mol. The van der Waals surface area contributed by atoms with Crippen molar-refractivity contribution in [2.24, 2.45) is 5.16 Å². The number of oxime groups is 1. The molecule has 0 atom stereocenters. The highest BCUT2D eigenvalue weighted by atomic mass is 32.2. The SMILES string of the molecule is C=CC=C(C)C(C)=NOS(C)(=O)=O. The van der Waals surface area contributed by atoms with Crippen molar-refractivity contribution in [1.29, 1.82) is 0 Å². The lowest BCUT2D eigenvalue weighted by molar-refractivity contribution is 0.343. The van der Waals surface area contributed by atoms with E-state index in [1.54, 1.807) is 26.0 Å². The summed E-state index contributed by atoms with van der Waals surface area (Å²) in [6.45, 7) is 6.94. The zero-order valence-electron chi connectivity index (χ0n) is 7.94. The number of hydrogen-bond donors (Lipinski definition) is 0. The van der Waals surface area contributed by atoms with Gasteiger partial charge in [0.1, 0.15) is 0 Å². The Labute approximate surface area is 78.7 Å². The van der Waals surface area contributed by atoms with Gasteiger partial charge in [0.05, 0.1) is 12.0 Å². The van der Waals surface area contributed by atoms with Crippen LogP contribution in [-0.2, 0) is 14.4 Å². The molecule has 0 aromatic heterocycles. The van der Waals surface area contributed by atoms with Crippen LogP contribution in [0.3, 0.4) is 0 Å². The van der Waals surface area contributed by atoms with Crippen LogP contribution in [0.1, 0.15) is 13.8 Å². The van der Waals surface area contributed by atoms with Crippen LogP contribution in [0.5, 0.6) is 0 Å². The maximum Gasteiger partial charge on any atom is 0.325 e. The Kier molecular flexibility index (Phi) is 4.40. The third kappa shape index (κ3) is 6.10. The zero-order valence-corrected chi connectivity index (χ0v) is 8.76. The van der Waals surface area contributed by atoms with Gasteiger partial charge in [0.25, 0.3) is 0 Å². The van der Waals surface area contributed by atoms with Crippen LogP contribution in [0.25, 0.3) is 0 Å². The third-order valence-corrected chi connectivity index (χ3v) is 1.59. The number of hydrogen-bond acceptors (Lipinski definition) is 4. The Bertz CT molecular complexity index is 338. The summed E-state index contributed by atoms with van der Waals surface area (Å²) in [5, 5.41) is 3.43. The average molecular weight is 203 g/mol. The molecule has 74 valence electrons. The van der Waals surface area contributed by atoms with E-state index in [0.29, 0.717) is 5.71 Å². The summed E-state index contributed by atoms with van der Waals surface area (Å²) in [4.78, 5) is 0. The van der Waals surface area contributed by atoms with Crippen LogP contribution < -0.4 is 0 Å². The van der Waals surface area contributed by atoms with Crippen molar-refractivity contribution in [3.63, 3.8) is 0 Å². The molecule has 0 aliphatic carbocycles. The number of allylic oxidation sites excluding steroid dienone is 3. The first-order valence-electron chi connectivity index (χ1n) is 3.59. The predicted molar refractivity (Wildman–Crippen MR) is 53.0 cm³/mol. The van der Waals surface area contributed by atoms with Crippen LogP contribution in [0.2, 0.25) is 0 Å². The summed E-state index contributed by atoms with van der Waals surface area (Å²) in [7, 11) is -3.51. The fourth-order valence-electron chi connectivity index (χ4n) is 0.493. The fraction of sp³-hybridized carbons (Fsp3) is 0.375. The van der Waals surface area contributed by atoms with Gasteiger partial charge in [-0.15, -0.1) is 0 Å². The second-order valence-corrected chi connectivity index (χ2v) is 4.10. The van der Waals surface area contributed by atoms with Crippen LogP contribution in [0.4, 0.5) is 0 Å². The summed E-state index contributed by atoms with van der Waals surface area (Å²) in [5.41, 5.74) is 1.31. The van der Waals surface area contributed by atoms with E-state index in [9.17, 15) is 8.42 Å². The van der Waals surface area contributed by atoms with Crippen molar-refractivity contribution in [2.45, 2.75) is 13.8 Å². The first kappa shape index (κ1) is 11.9. The molecule has 0 fully saturated rings. The molecule has 0 amide bonds. The quantitative estimate of drug-likeness (QED) is 0.395. The number of rotatable bonds is 4. The van der Waals surface area contributed by atoms with Crippen molar-refractivity contribution >= 4 is 15.8 Å². The highest BCUT2D eigenvalue weighted by Crippen LogP contribution is 1.99. The van der Waals surface area contributed by atoms with Crippen LogP contribution in [0, 0.1) is 0 Å². The Morgan fingerprint density at radius 1 is 1.46 bits per heavy atom. The van der Waals surface area contributed by atoms with E-state index in [-0.39, 0.29) is 0 Å². The first-order valence-corrected chi connectivity index (χ1v) is 5.41. The maximum atomic E-state index is 10.5. The van der Waals surface area contributed by atoms with Gasteiger partial charge in [0, 0.05) is 0 Å². The Hall–Kier alpha value is -1.10. The molecule has 0 N–H and O–H groups in total. The van der Waals surface area contributed by atoms with Crippen molar-refractivity contribution in [3.8, 4) is 0 Å². The van der Waals surface area contributed by atoms with Crippen molar-refractivity contribution < 1.29 is 12.7 Å². The smallest absolute Gasteiger partial charge is 0.268 e. The molecule has 0 heterocycles. The molecule has 0 saturated carbocycles. The molecular weight excluding hydrogens is 190 g/mol. The molecule has 0 aromatic carbocycles. The minimum Gasteiger partial charge on any atom is -0.268 e. The molecule has 0 aliphatic heterocycles. The third-order valence-electron chi connectivity index (χ3n) is 1.25. The van der Waals surface area contributed by atoms with Crippen molar-refractivity contribution in [3.05, 3.63) is 24.3 Å². The topological polar surface area (TPSA) is 55.7 Å². The Morgan fingerprint density at radius 3 is 2.38 bits per heavy atom. The second-order valence-electron chi connectivity index (χ2n) is 2.54. The molecule has 5 heteroatoms. The predicted octanol–water partition coefficient (Wildman–Crippen LogP) is 1.47. The molecule has 0 rings (SSSR count). The maximum absolute atomic E-state index is 10.5. The molecule has 0 unspecified atom stereocenters. The van der Waals surface area contributed by atoms with E-state index in [2.05, 4.69) is 16.0 Å². The van der Waals surface area contributed by atoms with Gasteiger partial charge in [0.15, 0.2) is 0 Å². The normalized spacial score (nSPS) is 14.1. The van der Waals surface area contributed by atoms with Crippen molar-refractivity contribution in [2.75, 3.05) is 6.26 Å². The number of nitrogens with zero attached hydrogens (tertiary/aromatic N) is 1. The molecule has 4 nitrogen and oxygen atoms in total. The van der Waals surface area contributed by atoms with Gasteiger partial charge < -0.3 is 0 Å². The Morgan fingerprint density at radius 2 is 2.00 bits per heavy atom. The highest BCUT2D eigenvalue weighted by Gasteiger charge is 2.00. The molecule has 0 bridgehead atoms. The summed E-state index contributed by atoms with van der Waals surface area (Å²) < 4.78 is 25.3. The molecule has 0 saturated heterocycles. The van der Waals surface area contributed by atoms with Crippen LogP contribution in [-0.4, -0.2) is 20.4 Å². The van der Waals surface area contributed by atoms with E-state index in [0.717, 1.165) is 11.8 Å². The summed E-state index contributed by atoms with van der Waals surface area (Å²) >= 11 is 0. The van der Waals surface area contributed by atoms with Gasteiger partial charge in [-0.05, 0) is 19.4 Å².